The fourth-order valence-electron chi connectivity index (χ4n) is 3.28. The van der Waals surface area contributed by atoms with Crippen molar-refractivity contribution in [2.75, 3.05) is 7.11 Å². The second kappa shape index (κ2) is 6.04. The molecule has 3 rings (SSSR count). The first-order valence-electron chi connectivity index (χ1n) is 8.01. The molecule has 0 spiro atoms. The number of rotatable bonds is 4. The maximum Gasteiger partial charge on any atom is 0.255 e. The molecule has 4 heteroatoms. The summed E-state index contributed by atoms with van der Waals surface area (Å²) in [5.41, 5.74) is 0.682. The van der Waals surface area contributed by atoms with Gasteiger partial charge in [0.15, 0.2) is 0 Å². The van der Waals surface area contributed by atoms with Crippen LogP contribution in [0.5, 0.6) is 5.88 Å². The van der Waals surface area contributed by atoms with E-state index in [1.54, 1.807) is 19.4 Å². The first-order valence-corrected chi connectivity index (χ1v) is 8.01. The number of pyridine rings is 1. The average Bonchev–Trinajstić information content (AvgIpc) is 3.34. The number of nitrogens with zero attached hydrogens (tertiary/aromatic N) is 2. The molecule has 0 N–H and O–H groups in total. The minimum Gasteiger partial charge on any atom is -0.481 e. The number of amides is 1. The molecule has 2 saturated carbocycles. The van der Waals surface area contributed by atoms with Gasteiger partial charge in [-0.15, -0.1) is 0 Å². The fraction of sp³-hybridized carbons (Fsp3) is 0.647. The largest absolute Gasteiger partial charge is 0.481 e. The maximum atomic E-state index is 12.9. The van der Waals surface area contributed by atoms with Crippen LogP contribution >= 0.6 is 0 Å². The Balaban J connectivity index is 1.75. The Labute approximate surface area is 126 Å². The van der Waals surface area contributed by atoms with Crippen molar-refractivity contribution in [1.82, 2.24) is 9.88 Å². The highest BCUT2D eigenvalue weighted by Crippen LogP contribution is 2.36. The number of hydrogen-bond acceptors (Lipinski definition) is 3. The third-order valence-electron chi connectivity index (χ3n) is 4.75. The van der Waals surface area contributed by atoms with Gasteiger partial charge in [-0.2, -0.15) is 0 Å². The summed E-state index contributed by atoms with van der Waals surface area (Å²) in [6.45, 7) is 2.31. The van der Waals surface area contributed by atoms with Gasteiger partial charge >= 0.3 is 0 Å². The van der Waals surface area contributed by atoms with Gasteiger partial charge in [0.05, 0.1) is 12.7 Å². The molecule has 1 heterocycles. The number of carbonyl (C=O) groups excluding carboxylic acids is 1. The van der Waals surface area contributed by atoms with Gasteiger partial charge < -0.3 is 9.64 Å². The number of carbonyl (C=O) groups is 1. The number of aromatic nitrogens is 1. The number of ether oxygens (including phenoxy) is 1. The lowest BCUT2D eigenvalue weighted by Gasteiger charge is -2.36. The van der Waals surface area contributed by atoms with Gasteiger partial charge in [-0.25, -0.2) is 4.98 Å². The van der Waals surface area contributed by atoms with Crippen molar-refractivity contribution in [1.29, 1.82) is 0 Å². The number of methoxy groups -OCH3 is 1. The van der Waals surface area contributed by atoms with Crippen molar-refractivity contribution < 1.29 is 9.53 Å². The summed E-state index contributed by atoms with van der Waals surface area (Å²) in [6, 6.07) is 4.47. The minimum atomic E-state index is 0.146. The van der Waals surface area contributed by atoms with Crippen molar-refractivity contribution in [3.05, 3.63) is 23.9 Å². The molecule has 0 aromatic carbocycles. The van der Waals surface area contributed by atoms with Gasteiger partial charge in [-0.05, 0) is 50.5 Å². The van der Waals surface area contributed by atoms with E-state index in [2.05, 4.69) is 16.8 Å². The normalized spacial score (nSPS) is 25.4. The summed E-state index contributed by atoms with van der Waals surface area (Å²) in [4.78, 5) is 19.2. The third kappa shape index (κ3) is 3.20. The summed E-state index contributed by atoms with van der Waals surface area (Å²) in [7, 11) is 1.59. The van der Waals surface area contributed by atoms with E-state index < -0.39 is 0 Å². The van der Waals surface area contributed by atoms with Crippen molar-refractivity contribution in [2.45, 2.75) is 57.5 Å². The van der Waals surface area contributed by atoms with E-state index in [9.17, 15) is 4.79 Å². The lowest BCUT2D eigenvalue weighted by molar-refractivity contribution is 0.0592. The van der Waals surface area contributed by atoms with Crippen LogP contribution in [0.25, 0.3) is 0 Å². The van der Waals surface area contributed by atoms with Crippen LogP contribution in [-0.2, 0) is 0 Å². The zero-order chi connectivity index (χ0) is 14.8. The molecule has 0 bridgehead atoms. The molecule has 0 unspecified atom stereocenters. The van der Waals surface area contributed by atoms with Crippen LogP contribution in [0.1, 0.15) is 55.8 Å². The molecule has 0 atom stereocenters. The van der Waals surface area contributed by atoms with Crippen LogP contribution in [0.15, 0.2) is 18.3 Å². The second-order valence-electron chi connectivity index (χ2n) is 6.45. The van der Waals surface area contributed by atoms with E-state index >= 15 is 0 Å². The van der Waals surface area contributed by atoms with Crippen molar-refractivity contribution in [3.8, 4) is 5.88 Å². The Morgan fingerprint density at radius 1 is 1.14 bits per heavy atom. The molecule has 114 valence electrons. The number of hydrogen-bond donors (Lipinski definition) is 0. The predicted octanol–water partition coefficient (Wildman–Crippen LogP) is 3.27. The van der Waals surface area contributed by atoms with Crippen molar-refractivity contribution >= 4 is 5.91 Å². The highest BCUT2D eigenvalue weighted by molar-refractivity contribution is 5.94. The Kier molecular flexibility index (Phi) is 4.13. The Morgan fingerprint density at radius 3 is 2.24 bits per heavy atom. The smallest absolute Gasteiger partial charge is 0.255 e. The van der Waals surface area contributed by atoms with E-state index in [0.29, 0.717) is 23.5 Å². The minimum absolute atomic E-state index is 0.146. The van der Waals surface area contributed by atoms with Crippen LogP contribution in [-0.4, -0.2) is 35.0 Å². The molecule has 0 aliphatic heterocycles. The molecule has 2 aliphatic carbocycles. The van der Waals surface area contributed by atoms with E-state index in [4.69, 9.17) is 4.74 Å². The quantitative estimate of drug-likeness (QED) is 0.854. The summed E-state index contributed by atoms with van der Waals surface area (Å²) in [6.07, 6.45) is 8.72. The predicted molar refractivity (Wildman–Crippen MR) is 81.4 cm³/mol. The van der Waals surface area contributed by atoms with Crippen LogP contribution in [0.4, 0.5) is 0 Å². The van der Waals surface area contributed by atoms with Crippen molar-refractivity contribution in [3.63, 3.8) is 0 Å². The van der Waals surface area contributed by atoms with Crippen LogP contribution < -0.4 is 4.74 Å². The highest BCUT2D eigenvalue weighted by atomic mass is 16.5. The van der Waals surface area contributed by atoms with Gasteiger partial charge in [0, 0.05) is 24.3 Å². The Morgan fingerprint density at radius 2 is 1.76 bits per heavy atom. The van der Waals surface area contributed by atoms with Crippen LogP contribution in [0, 0.1) is 5.92 Å². The van der Waals surface area contributed by atoms with E-state index in [1.165, 1.54) is 12.8 Å². The summed E-state index contributed by atoms with van der Waals surface area (Å²) in [5.74, 6) is 1.50. The Bertz CT molecular complexity index is 488. The van der Waals surface area contributed by atoms with Gasteiger partial charge in [-0.1, -0.05) is 6.92 Å². The molecule has 1 amide bonds. The van der Waals surface area contributed by atoms with Gasteiger partial charge in [0.1, 0.15) is 0 Å². The monoisotopic (exact) mass is 288 g/mol. The van der Waals surface area contributed by atoms with Crippen molar-refractivity contribution in [2.24, 2.45) is 5.92 Å². The molecule has 1 aromatic rings. The van der Waals surface area contributed by atoms with Gasteiger partial charge in [0.25, 0.3) is 5.91 Å². The lowest BCUT2D eigenvalue weighted by atomic mass is 9.86. The molecule has 2 fully saturated rings. The van der Waals surface area contributed by atoms with E-state index in [0.717, 1.165) is 31.6 Å². The standard InChI is InChI=1S/C17H24N2O2/c1-12-3-6-14(7-4-12)19(15-8-9-15)17(20)13-5-10-16(21-2)18-11-13/h5,10-12,14-15H,3-4,6-9H2,1-2H3. The highest BCUT2D eigenvalue weighted by Gasteiger charge is 2.38. The molecule has 21 heavy (non-hydrogen) atoms. The zero-order valence-electron chi connectivity index (χ0n) is 12.9. The molecular weight excluding hydrogens is 264 g/mol. The second-order valence-corrected chi connectivity index (χ2v) is 6.45. The van der Waals surface area contributed by atoms with Crippen LogP contribution in [0.3, 0.4) is 0 Å². The summed E-state index contributed by atoms with van der Waals surface area (Å²) < 4.78 is 5.06. The van der Waals surface area contributed by atoms with E-state index in [1.807, 2.05) is 6.07 Å². The maximum absolute atomic E-state index is 12.9. The Hall–Kier alpha value is -1.58. The zero-order valence-corrected chi connectivity index (χ0v) is 12.9. The molecule has 0 radical (unpaired) electrons. The van der Waals surface area contributed by atoms with Gasteiger partial charge in [-0.3, -0.25) is 4.79 Å². The SMILES string of the molecule is COc1ccc(C(=O)N(C2CCC(C)CC2)C2CC2)cn1. The topological polar surface area (TPSA) is 42.4 Å². The van der Waals surface area contributed by atoms with Gasteiger partial charge in [0.2, 0.25) is 5.88 Å². The first kappa shape index (κ1) is 14.4. The van der Waals surface area contributed by atoms with Crippen LogP contribution in [0.2, 0.25) is 0 Å². The third-order valence-corrected chi connectivity index (χ3v) is 4.75. The summed E-state index contributed by atoms with van der Waals surface area (Å²) in [5, 5.41) is 0. The average molecular weight is 288 g/mol. The first-order chi connectivity index (χ1) is 10.2. The molecule has 2 aliphatic rings. The molecule has 0 saturated heterocycles. The fourth-order valence-corrected chi connectivity index (χ4v) is 3.28. The molecule has 4 nitrogen and oxygen atoms in total. The van der Waals surface area contributed by atoms with E-state index in [-0.39, 0.29) is 5.91 Å². The molecule has 1 aromatic heterocycles. The summed E-state index contributed by atoms with van der Waals surface area (Å²) >= 11 is 0. The lowest BCUT2D eigenvalue weighted by Crippen LogP contribution is -2.43. The molecular formula is C17H24N2O2.